The fourth-order valence-electron chi connectivity index (χ4n) is 0.321. The SMILES string of the molecule is CC(=S)C=C(C)N. The van der Waals surface area contributed by atoms with E-state index in [0.29, 0.717) is 0 Å². The van der Waals surface area contributed by atoms with Gasteiger partial charge in [0.25, 0.3) is 0 Å². The van der Waals surface area contributed by atoms with Crippen LogP contribution in [0.4, 0.5) is 0 Å². The van der Waals surface area contributed by atoms with Crippen LogP contribution in [-0.4, -0.2) is 4.86 Å². The molecule has 0 aliphatic rings. The Morgan fingerprint density at radius 2 is 2.00 bits per heavy atom. The Bertz CT molecular complexity index is 101. The Morgan fingerprint density at radius 3 is 2.00 bits per heavy atom. The van der Waals surface area contributed by atoms with E-state index in [0.717, 1.165) is 10.6 Å². The molecule has 0 aromatic carbocycles. The summed E-state index contributed by atoms with van der Waals surface area (Å²) in [5.41, 5.74) is 6.04. The first-order valence-electron chi connectivity index (χ1n) is 2.07. The summed E-state index contributed by atoms with van der Waals surface area (Å²) < 4.78 is 0. The van der Waals surface area contributed by atoms with Crippen LogP contribution < -0.4 is 5.73 Å². The Balaban J connectivity index is 3.68. The van der Waals surface area contributed by atoms with E-state index in [4.69, 9.17) is 18.0 Å². The van der Waals surface area contributed by atoms with Crippen molar-refractivity contribution in [3.05, 3.63) is 11.8 Å². The van der Waals surface area contributed by atoms with Crippen LogP contribution >= 0.6 is 12.2 Å². The summed E-state index contributed by atoms with van der Waals surface area (Å²) in [6.07, 6.45) is 1.76. The molecule has 0 rings (SSSR count). The van der Waals surface area contributed by atoms with Crippen LogP contribution in [-0.2, 0) is 0 Å². The molecule has 0 heterocycles. The molecule has 0 saturated carbocycles. The highest BCUT2D eigenvalue weighted by molar-refractivity contribution is 7.80. The van der Waals surface area contributed by atoms with Gasteiger partial charge in [-0.2, -0.15) is 0 Å². The quantitative estimate of drug-likeness (QED) is 0.411. The summed E-state index contributed by atoms with van der Waals surface area (Å²) in [6.45, 7) is 3.65. The minimum Gasteiger partial charge on any atom is -0.402 e. The van der Waals surface area contributed by atoms with Gasteiger partial charge in [-0.05, 0) is 19.9 Å². The molecule has 0 aromatic rings. The average Bonchev–Trinajstić information content (AvgIpc) is 1.27. The van der Waals surface area contributed by atoms with Gasteiger partial charge in [0.05, 0.1) is 0 Å². The van der Waals surface area contributed by atoms with Crippen LogP contribution in [0.2, 0.25) is 0 Å². The number of rotatable bonds is 1. The van der Waals surface area contributed by atoms with E-state index in [1.165, 1.54) is 0 Å². The van der Waals surface area contributed by atoms with Crippen LogP contribution in [0.25, 0.3) is 0 Å². The van der Waals surface area contributed by atoms with Crippen molar-refractivity contribution >= 4 is 17.1 Å². The van der Waals surface area contributed by atoms with E-state index in [1.54, 1.807) is 6.08 Å². The molecule has 0 saturated heterocycles. The largest absolute Gasteiger partial charge is 0.402 e. The minimum atomic E-state index is 0.771. The Hall–Kier alpha value is -0.370. The van der Waals surface area contributed by atoms with Crippen LogP contribution in [0.3, 0.4) is 0 Å². The van der Waals surface area contributed by atoms with Gasteiger partial charge in [-0.15, -0.1) is 0 Å². The normalized spacial score (nSPS) is 11.4. The van der Waals surface area contributed by atoms with Gasteiger partial charge in [-0.1, -0.05) is 12.2 Å². The van der Waals surface area contributed by atoms with Crippen LogP contribution in [0.1, 0.15) is 13.8 Å². The van der Waals surface area contributed by atoms with Crippen LogP contribution in [0.5, 0.6) is 0 Å². The van der Waals surface area contributed by atoms with Crippen molar-refractivity contribution in [2.24, 2.45) is 5.73 Å². The molecule has 0 bridgehead atoms. The average molecular weight is 115 g/mol. The molecule has 0 fully saturated rings. The molecule has 0 aromatic heterocycles. The number of nitrogens with two attached hydrogens (primary N) is 1. The standard InChI is InChI=1S/C5H9NS/c1-4(6)3-5(2)7/h3H,6H2,1-2H3. The maximum absolute atomic E-state index is 5.27. The zero-order chi connectivity index (χ0) is 5.86. The van der Waals surface area contributed by atoms with E-state index < -0.39 is 0 Å². The Labute approximate surface area is 49.2 Å². The fraction of sp³-hybridized carbons (Fsp3) is 0.400. The van der Waals surface area contributed by atoms with Crippen molar-refractivity contribution in [3.63, 3.8) is 0 Å². The van der Waals surface area contributed by atoms with Crippen molar-refractivity contribution in [2.75, 3.05) is 0 Å². The Kier molecular flexibility index (Phi) is 2.60. The number of hydrogen-bond acceptors (Lipinski definition) is 2. The summed E-state index contributed by atoms with van der Waals surface area (Å²) >= 11 is 4.72. The third-order valence-corrected chi connectivity index (χ3v) is 0.549. The van der Waals surface area contributed by atoms with Crippen molar-refractivity contribution in [3.8, 4) is 0 Å². The first kappa shape index (κ1) is 6.63. The van der Waals surface area contributed by atoms with Gasteiger partial charge in [0, 0.05) is 10.6 Å². The second-order valence-corrected chi connectivity index (χ2v) is 2.14. The summed E-state index contributed by atoms with van der Waals surface area (Å²) in [4.78, 5) is 0.833. The van der Waals surface area contributed by atoms with Crippen molar-refractivity contribution < 1.29 is 0 Å². The second-order valence-electron chi connectivity index (χ2n) is 1.50. The first-order chi connectivity index (χ1) is 3.13. The molecule has 0 radical (unpaired) electrons. The van der Waals surface area contributed by atoms with Crippen molar-refractivity contribution in [1.82, 2.24) is 0 Å². The van der Waals surface area contributed by atoms with Gasteiger partial charge in [-0.25, -0.2) is 0 Å². The number of allylic oxidation sites excluding steroid dienone is 2. The summed E-state index contributed by atoms with van der Waals surface area (Å²) in [7, 11) is 0. The molecule has 2 heteroatoms. The molecule has 0 aliphatic carbocycles. The lowest BCUT2D eigenvalue weighted by atomic mass is 10.4. The van der Waals surface area contributed by atoms with E-state index in [-0.39, 0.29) is 0 Å². The van der Waals surface area contributed by atoms with Crippen molar-refractivity contribution in [2.45, 2.75) is 13.8 Å². The number of thiocarbonyl (C=S) groups is 1. The van der Waals surface area contributed by atoms with Gasteiger partial charge < -0.3 is 5.73 Å². The maximum Gasteiger partial charge on any atom is 0.0138 e. The first-order valence-corrected chi connectivity index (χ1v) is 2.48. The van der Waals surface area contributed by atoms with Gasteiger partial charge in [0.1, 0.15) is 0 Å². The molecule has 0 amide bonds. The topological polar surface area (TPSA) is 26.0 Å². The van der Waals surface area contributed by atoms with Crippen LogP contribution in [0, 0.1) is 0 Å². The molecule has 2 N–H and O–H groups in total. The molecule has 7 heavy (non-hydrogen) atoms. The van der Waals surface area contributed by atoms with Gasteiger partial charge in [0.15, 0.2) is 0 Å². The lowest BCUT2D eigenvalue weighted by Gasteiger charge is -1.84. The smallest absolute Gasteiger partial charge is 0.0138 e. The zero-order valence-electron chi connectivity index (χ0n) is 4.56. The molecule has 0 spiro atoms. The summed E-state index contributed by atoms with van der Waals surface area (Å²) in [6, 6.07) is 0. The van der Waals surface area contributed by atoms with Crippen LogP contribution in [0.15, 0.2) is 11.8 Å². The monoisotopic (exact) mass is 115 g/mol. The predicted molar refractivity (Wildman–Crippen MR) is 36.2 cm³/mol. The molecule has 0 atom stereocenters. The van der Waals surface area contributed by atoms with Gasteiger partial charge in [0.2, 0.25) is 0 Å². The highest BCUT2D eigenvalue weighted by atomic mass is 32.1. The molecule has 0 unspecified atom stereocenters. The van der Waals surface area contributed by atoms with Gasteiger partial charge in [-0.3, -0.25) is 0 Å². The predicted octanol–water partition coefficient (Wildman–Crippen LogP) is 1.24. The van der Waals surface area contributed by atoms with E-state index in [1.807, 2.05) is 13.8 Å². The summed E-state index contributed by atoms with van der Waals surface area (Å²) in [5.74, 6) is 0. The second kappa shape index (κ2) is 2.75. The lowest BCUT2D eigenvalue weighted by Crippen LogP contribution is -1.92. The highest BCUT2D eigenvalue weighted by Gasteiger charge is 1.76. The molecule has 0 aliphatic heterocycles. The molecule has 1 nitrogen and oxygen atoms in total. The lowest BCUT2D eigenvalue weighted by molar-refractivity contribution is 1.33. The summed E-state index contributed by atoms with van der Waals surface area (Å²) in [5, 5.41) is 0. The Morgan fingerprint density at radius 1 is 1.57 bits per heavy atom. The molecular formula is C5H9NS. The highest BCUT2D eigenvalue weighted by Crippen LogP contribution is 1.81. The third-order valence-electron chi connectivity index (χ3n) is 0.431. The van der Waals surface area contributed by atoms with Crippen molar-refractivity contribution in [1.29, 1.82) is 0 Å². The van der Waals surface area contributed by atoms with E-state index in [9.17, 15) is 0 Å². The van der Waals surface area contributed by atoms with Gasteiger partial charge >= 0.3 is 0 Å². The maximum atomic E-state index is 5.27. The molecule has 40 valence electrons. The zero-order valence-corrected chi connectivity index (χ0v) is 5.38. The van der Waals surface area contributed by atoms with E-state index >= 15 is 0 Å². The molecular weight excluding hydrogens is 106 g/mol. The third kappa shape index (κ3) is 5.63. The van der Waals surface area contributed by atoms with E-state index in [2.05, 4.69) is 0 Å². The number of hydrogen-bond donors (Lipinski definition) is 1. The fourth-order valence-corrected chi connectivity index (χ4v) is 0.507. The minimum absolute atomic E-state index is 0.771.